The molecule has 1 aliphatic heterocycles. The summed E-state index contributed by atoms with van der Waals surface area (Å²) >= 11 is 0. The molecule has 0 radical (unpaired) electrons. The van der Waals surface area contributed by atoms with Crippen LogP contribution in [0.3, 0.4) is 0 Å². The number of nitrogens with zero attached hydrogens (tertiary/aromatic N) is 1. The SMILES string of the molecule is CCOC(=O)C(C)(CN1CCCCC1)NC. The second kappa shape index (κ2) is 6.21. The number of carbonyl (C=O) groups excluding carboxylic acids is 1. The van der Waals surface area contributed by atoms with Crippen LogP contribution in [0.5, 0.6) is 0 Å². The van der Waals surface area contributed by atoms with Gasteiger partial charge in [-0.1, -0.05) is 6.42 Å². The number of likely N-dealkylation sites (N-methyl/N-ethyl adjacent to an activating group) is 1. The molecule has 1 atom stereocenters. The van der Waals surface area contributed by atoms with Crippen LogP contribution in [0, 0.1) is 0 Å². The van der Waals surface area contributed by atoms with Crippen molar-refractivity contribution in [1.29, 1.82) is 0 Å². The van der Waals surface area contributed by atoms with Gasteiger partial charge < -0.3 is 15.0 Å². The first-order valence-electron chi connectivity index (χ1n) is 6.21. The monoisotopic (exact) mass is 228 g/mol. The smallest absolute Gasteiger partial charge is 0.327 e. The lowest BCUT2D eigenvalue weighted by atomic mass is 10.0. The van der Waals surface area contributed by atoms with Crippen LogP contribution in [-0.4, -0.2) is 49.7 Å². The molecular weight excluding hydrogens is 204 g/mol. The van der Waals surface area contributed by atoms with Crippen LogP contribution in [-0.2, 0) is 9.53 Å². The fourth-order valence-corrected chi connectivity index (χ4v) is 2.10. The van der Waals surface area contributed by atoms with E-state index in [0.717, 1.165) is 19.6 Å². The lowest BCUT2D eigenvalue weighted by Gasteiger charge is -2.35. The van der Waals surface area contributed by atoms with Crippen molar-refractivity contribution < 1.29 is 9.53 Å². The van der Waals surface area contributed by atoms with Crippen molar-refractivity contribution >= 4 is 5.97 Å². The standard InChI is InChI=1S/C12H24N2O2/c1-4-16-11(15)12(2,13-3)10-14-8-6-5-7-9-14/h13H,4-10H2,1-3H3. The van der Waals surface area contributed by atoms with Gasteiger partial charge in [0.1, 0.15) is 5.54 Å². The first-order chi connectivity index (χ1) is 7.62. The van der Waals surface area contributed by atoms with Crippen molar-refractivity contribution in [3.8, 4) is 0 Å². The molecule has 0 aliphatic carbocycles. The fourth-order valence-electron chi connectivity index (χ4n) is 2.10. The minimum absolute atomic E-state index is 0.150. The number of carbonyl (C=O) groups is 1. The fraction of sp³-hybridized carbons (Fsp3) is 0.917. The highest BCUT2D eigenvalue weighted by molar-refractivity contribution is 5.80. The summed E-state index contributed by atoms with van der Waals surface area (Å²) < 4.78 is 5.11. The Bertz CT molecular complexity index is 227. The molecule has 1 rings (SSSR count). The molecule has 16 heavy (non-hydrogen) atoms. The molecule has 1 unspecified atom stereocenters. The van der Waals surface area contributed by atoms with E-state index in [4.69, 9.17) is 4.74 Å². The molecule has 1 N–H and O–H groups in total. The van der Waals surface area contributed by atoms with Gasteiger partial charge in [-0.05, 0) is 46.8 Å². The molecule has 1 heterocycles. The second-order valence-corrected chi connectivity index (χ2v) is 4.64. The normalized spacial score (nSPS) is 21.4. The molecular formula is C12H24N2O2. The summed E-state index contributed by atoms with van der Waals surface area (Å²) in [5.41, 5.74) is -0.576. The summed E-state index contributed by atoms with van der Waals surface area (Å²) in [4.78, 5) is 14.2. The van der Waals surface area contributed by atoms with Gasteiger partial charge in [-0.2, -0.15) is 0 Å². The van der Waals surface area contributed by atoms with Crippen molar-refractivity contribution in [2.24, 2.45) is 0 Å². The summed E-state index contributed by atoms with van der Waals surface area (Å²) in [6.07, 6.45) is 3.79. The minimum Gasteiger partial charge on any atom is -0.465 e. The third-order valence-electron chi connectivity index (χ3n) is 3.27. The lowest BCUT2D eigenvalue weighted by molar-refractivity contribution is -0.151. The average Bonchev–Trinajstić information content (AvgIpc) is 2.30. The van der Waals surface area contributed by atoms with Crippen LogP contribution < -0.4 is 5.32 Å². The average molecular weight is 228 g/mol. The van der Waals surface area contributed by atoms with E-state index >= 15 is 0 Å². The molecule has 4 heteroatoms. The lowest BCUT2D eigenvalue weighted by Crippen LogP contribution is -2.57. The van der Waals surface area contributed by atoms with E-state index in [9.17, 15) is 4.79 Å². The van der Waals surface area contributed by atoms with Gasteiger partial charge in [0.05, 0.1) is 6.61 Å². The van der Waals surface area contributed by atoms with Crippen LogP contribution >= 0.6 is 0 Å². The summed E-state index contributed by atoms with van der Waals surface area (Å²) in [5.74, 6) is -0.150. The van der Waals surface area contributed by atoms with Crippen LogP contribution in [0.25, 0.3) is 0 Å². The van der Waals surface area contributed by atoms with E-state index in [0.29, 0.717) is 6.61 Å². The van der Waals surface area contributed by atoms with Gasteiger partial charge in [-0.3, -0.25) is 4.79 Å². The summed E-state index contributed by atoms with van der Waals surface area (Å²) in [5, 5.41) is 3.09. The third kappa shape index (κ3) is 3.46. The molecule has 1 fully saturated rings. The molecule has 0 spiro atoms. The molecule has 0 saturated carbocycles. The Morgan fingerprint density at radius 1 is 1.38 bits per heavy atom. The number of hydrogen-bond acceptors (Lipinski definition) is 4. The molecule has 0 aromatic rings. The first kappa shape index (κ1) is 13.5. The number of ether oxygens (including phenoxy) is 1. The molecule has 1 aliphatic rings. The third-order valence-corrected chi connectivity index (χ3v) is 3.27. The van der Waals surface area contributed by atoms with E-state index in [1.807, 2.05) is 20.9 Å². The Balaban J connectivity index is 2.53. The van der Waals surface area contributed by atoms with Crippen LogP contribution in [0.15, 0.2) is 0 Å². The van der Waals surface area contributed by atoms with Crippen molar-refractivity contribution in [3.05, 3.63) is 0 Å². The number of hydrogen-bond donors (Lipinski definition) is 1. The second-order valence-electron chi connectivity index (χ2n) is 4.64. The maximum atomic E-state index is 11.9. The molecule has 0 aromatic heterocycles. The number of rotatable bonds is 5. The number of piperidine rings is 1. The van der Waals surface area contributed by atoms with Crippen molar-refractivity contribution in [2.75, 3.05) is 33.3 Å². The predicted molar refractivity (Wildman–Crippen MR) is 64.4 cm³/mol. The van der Waals surface area contributed by atoms with Crippen molar-refractivity contribution in [3.63, 3.8) is 0 Å². The largest absolute Gasteiger partial charge is 0.465 e. The number of likely N-dealkylation sites (tertiary alicyclic amines) is 1. The molecule has 0 aromatic carbocycles. The molecule has 1 saturated heterocycles. The minimum atomic E-state index is -0.576. The Morgan fingerprint density at radius 3 is 2.50 bits per heavy atom. The zero-order valence-electron chi connectivity index (χ0n) is 10.7. The zero-order valence-corrected chi connectivity index (χ0v) is 10.7. The summed E-state index contributed by atoms with van der Waals surface area (Å²) in [6.45, 7) is 7.13. The quantitative estimate of drug-likeness (QED) is 0.713. The highest BCUT2D eigenvalue weighted by atomic mass is 16.5. The molecule has 4 nitrogen and oxygen atoms in total. The van der Waals surface area contributed by atoms with Crippen LogP contribution in [0.2, 0.25) is 0 Å². The molecule has 0 bridgehead atoms. The van der Waals surface area contributed by atoms with Crippen molar-refractivity contribution in [2.45, 2.75) is 38.6 Å². The topological polar surface area (TPSA) is 41.6 Å². The predicted octanol–water partition coefficient (Wildman–Crippen LogP) is 1.01. The first-order valence-corrected chi connectivity index (χ1v) is 6.21. The van der Waals surface area contributed by atoms with Gasteiger partial charge in [0.2, 0.25) is 0 Å². The van der Waals surface area contributed by atoms with Gasteiger partial charge in [0.25, 0.3) is 0 Å². The Kier molecular flexibility index (Phi) is 5.22. The summed E-state index contributed by atoms with van der Waals surface area (Å²) in [7, 11) is 1.82. The van der Waals surface area contributed by atoms with E-state index in [2.05, 4.69) is 10.2 Å². The zero-order chi connectivity index (χ0) is 12.0. The van der Waals surface area contributed by atoms with E-state index in [-0.39, 0.29) is 5.97 Å². The van der Waals surface area contributed by atoms with E-state index in [1.54, 1.807) is 0 Å². The van der Waals surface area contributed by atoms with Crippen LogP contribution in [0.1, 0.15) is 33.1 Å². The Morgan fingerprint density at radius 2 is 2.00 bits per heavy atom. The Hall–Kier alpha value is -0.610. The van der Waals surface area contributed by atoms with E-state index < -0.39 is 5.54 Å². The van der Waals surface area contributed by atoms with Crippen molar-refractivity contribution in [1.82, 2.24) is 10.2 Å². The van der Waals surface area contributed by atoms with Gasteiger partial charge in [-0.25, -0.2) is 0 Å². The van der Waals surface area contributed by atoms with Gasteiger partial charge in [-0.15, -0.1) is 0 Å². The highest BCUT2D eigenvalue weighted by Gasteiger charge is 2.35. The van der Waals surface area contributed by atoms with Gasteiger partial charge >= 0.3 is 5.97 Å². The van der Waals surface area contributed by atoms with E-state index in [1.165, 1.54) is 19.3 Å². The number of nitrogens with one attached hydrogen (secondary N) is 1. The molecule has 94 valence electrons. The highest BCUT2D eigenvalue weighted by Crippen LogP contribution is 2.14. The maximum absolute atomic E-state index is 11.9. The Labute approximate surface area is 98.3 Å². The van der Waals surface area contributed by atoms with Crippen LogP contribution in [0.4, 0.5) is 0 Å². The number of esters is 1. The molecule has 0 amide bonds. The van der Waals surface area contributed by atoms with Gasteiger partial charge in [0.15, 0.2) is 0 Å². The summed E-state index contributed by atoms with van der Waals surface area (Å²) in [6, 6.07) is 0. The maximum Gasteiger partial charge on any atom is 0.327 e. The van der Waals surface area contributed by atoms with Gasteiger partial charge in [0, 0.05) is 6.54 Å².